The topological polar surface area (TPSA) is 122 Å². The molecule has 9 heteroatoms. The smallest absolute Gasteiger partial charge is 0.313 e. The first-order chi connectivity index (χ1) is 13.5. The fourth-order valence-electron chi connectivity index (χ4n) is 3.01. The lowest BCUT2D eigenvalue weighted by Gasteiger charge is -2.07. The Morgan fingerprint density at radius 3 is 2.82 bits per heavy atom. The van der Waals surface area contributed by atoms with Crippen LogP contribution in [0.3, 0.4) is 0 Å². The molecule has 2 aromatic carbocycles. The highest BCUT2D eigenvalue weighted by Gasteiger charge is 2.16. The molecule has 140 valence electrons. The van der Waals surface area contributed by atoms with Crippen molar-refractivity contribution in [2.24, 2.45) is 0 Å². The summed E-state index contributed by atoms with van der Waals surface area (Å²) >= 11 is 0.974. The first kappa shape index (κ1) is 17.9. The first-order valence-electron chi connectivity index (χ1n) is 8.36. The predicted octanol–water partition coefficient (Wildman–Crippen LogP) is 3.79. The maximum absolute atomic E-state index is 11.4. The Balaban J connectivity index is 1.73. The maximum atomic E-state index is 11.4. The molecule has 0 saturated heterocycles. The number of carboxylic acid groups (broad SMARTS) is 1. The van der Waals surface area contributed by atoms with Crippen molar-refractivity contribution in [1.29, 1.82) is 0 Å². The Bertz CT molecular complexity index is 1120. The number of nitro benzene ring substituents is 1. The summed E-state index contributed by atoms with van der Waals surface area (Å²) < 4.78 is 0. The van der Waals surface area contributed by atoms with Gasteiger partial charge in [-0.15, -0.1) is 5.10 Å². The molecule has 0 fully saturated rings. The molecule has 28 heavy (non-hydrogen) atoms. The van der Waals surface area contributed by atoms with Gasteiger partial charge in [-0.05, 0) is 40.8 Å². The molecule has 0 unspecified atom stereocenters. The molecule has 0 amide bonds. The second kappa shape index (κ2) is 7.28. The van der Waals surface area contributed by atoms with E-state index in [1.807, 2.05) is 24.3 Å². The second-order valence-electron chi connectivity index (χ2n) is 6.19. The van der Waals surface area contributed by atoms with Crippen LogP contribution >= 0.6 is 11.8 Å². The van der Waals surface area contributed by atoms with Crippen LogP contribution in [0.1, 0.15) is 11.1 Å². The predicted molar refractivity (Wildman–Crippen MR) is 105 cm³/mol. The van der Waals surface area contributed by atoms with E-state index in [9.17, 15) is 14.9 Å². The molecule has 0 atom stereocenters. The van der Waals surface area contributed by atoms with E-state index in [1.54, 1.807) is 6.07 Å². The van der Waals surface area contributed by atoms with Gasteiger partial charge in [-0.2, -0.15) is 0 Å². The van der Waals surface area contributed by atoms with Gasteiger partial charge in [-0.3, -0.25) is 20.0 Å². The number of hydrogen-bond acceptors (Lipinski definition) is 6. The summed E-state index contributed by atoms with van der Waals surface area (Å²) in [5.41, 5.74) is 4.36. The van der Waals surface area contributed by atoms with Crippen LogP contribution in [-0.2, 0) is 11.2 Å². The molecule has 8 nitrogen and oxygen atoms in total. The van der Waals surface area contributed by atoms with Crippen LogP contribution in [0, 0.1) is 10.1 Å². The Hall–Kier alpha value is -3.46. The van der Waals surface area contributed by atoms with Gasteiger partial charge in [0.25, 0.3) is 5.69 Å². The van der Waals surface area contributed by atoms with E-state index in [0.717, 1.165) is 29.3 Å². The number of aromatic amines is 1. The van der Waals surface area contributed by atoms with E-state index in [0.29, 0.717) is 17.0 Å². The lowest BCUT2D eigenvalue weighted by Crippen LogP contribution is -1.97. The van der Waals surface area contributed by atoms with Crippen molar-refractivity contribution >= 4 is 29.5 Å². The standard InChI is InChI=1S/C19H14N4O4S/c24-17(25)10-28-19-20-18(21-22-19)15-7-14(8-16(9-15)23(26)27)13-5-4-11-2-1-3-12(11)6-13/h1,3-9H,2,10H2,(H,24,25)(H,20,21,22). The van der Waals surface area contributed by atoms with Crippen molar-refractivity contribution in [2.75, 3.05) is 5.75 Å². The zero-order valence-electron chi connectivity index (χ0n) is 14.5. The van der Waals surface area contributed by atoms with Gasteiger partial charge in [0.05, 0.1) is 10.7 Å². The molecule has 0 aliphatic heterocycles. The third kappa shape index (κ3) is 3.65. The molecular formula is C19H14N4O4S. The minimum absolute atomic E-state index is 0.0559. The Morgan fingerprint density at radius 1 is 1.21 bits per heavy atom. The van der Waals surface area contributed by atoms with Crippen LogP contribution in [0.15, 0.2) is 47.6 Å². The van der Waals surface area contributed by atoms with Gasteiger partial charge >= 0.3 is 5.97 Å². The molecule has 2 N–H and O–H groups in total. The van der Waals surface area contributed by atoms with E-state index in [1.165, 1.54) is 17.7 Å². The lowest BCUT2D eigenvalue weighted by atomic mass is 9.98. The normalized spacial score (nSPS) is 12.1. The monoisotopic (exact) mass is 394 g/mol. The van der Waals surface area contributed by atoms with Crippen LogP contribution in [0.5, 0.6) is 0 Å². The van der Waals surface area contributed by atoms with Crippen LogP contribution in [0.4, 0.5) is 5.69 Å². The molecule has 0 bridgehead atoms. The number of nitro groups is 1. The van der Waals surface area contributed by atoms with E-state index in [-0.39, 0.29) is 16.6 Å². The van der Waals surface area contributed by atoms with Crippen LogP contribution in [0.25, 0.3) is 28.6 Å². The van der Waals surface area contributed by atoms with E-state index < -0.39 is 10.9 Å². The zero-order valence-corrected chi connectivity index (χ0v) is 15.3. The third-order valence-corrected chi connectivity index (χ3v) is 5.14. The number of hydrogen-bond donors (Lipinski definition) is 2. The summed E-state index contributed by atoms with van der Waals surface area (Å²) in [4.78, 5) is 25.9. The number of fused-ring (bicyclic) bond motifs is 1. The fraction of sp³-hybridized carbons (Fsp3) is 0.105. The molecule has 1 heterocycles. The number of thioether (sulfide) groups is 1. The molecule has 0 spiro atoms. The van der Waals surface area contributed by atoms with Crippen molar-refractivity contribution in [3.8, 4) is 22.5 Å². The van der Waals surface area contributed by atoms with Gasteiger partial charge in [-0.1, -0.05) is 36.0 Å². The summed E-state index contributed by atoms with van der Waals surface area (Å²) in [6, 6.07) is 10.7. The van der Waals surface area contributed by atoms with Crippen molar-refractivity contribution < 1.29 is 14.8 Å². The van der Waals surface area contributed by atoms with E-state index >= 15 is 0 Å². The summed E-state index contributed by atoms with van der Waals surface area (Å²) in [6.07, 6.45) is 5.02. The SMILES string of the molecule is O=C(O)CSc1n[nH]c(-c2cc(-c3ccc4c(c3)C=CC4)cc([N+](=O)[O-])c2)n1. The second-order valence-corrected chi connectivity index (χ2v) is 7.14. The number of carbonyl (C=O) groups is 1. The molecular weight excluding hydrogens is 380 g/mol. The number of aliphatic carboxylic acids is 1. The summed E-state index contributed by atoms with van der Waals surface area (Å²) in [7, 11) is 0. The average molecular weight is 394 g/mol. The number of aromatic nitrogens is 3. The number of benzene rings is 2. The van der Waals surface area contributed by atoms with Crippen LogP contribution in [0.2, 0.25) is 0 Å². The number of carboxylic acids is 1. The number of nitrogens with zero attached hydrogens (tertiary/aromatic N) is 3. The molecule has 0 saturated carbocycles. The molecule has 1 aliphatic carbocycles. The highest BCUT2D eigenvalue weighted by Crippen LogP contribution is 2.33. The van der Waals surface area contributed by atoms with Gasteiger partial charge in [0, 0.05) is 17.7 Å². The van der Waals surface area contributed by atoms with Crippen molar-refractivity contribution in [3.05, 3.63) is 63.7 Å². The number of rotatable bonds is 6. The Labute approximate surface area is 163 Å². The average Bonchev–Trinajstić information content (AvgIpc) is 3.34. The minimum atomic E-state index is -0.973. The van der Waals surface area contributed by atoms with Gasteiger partial charge in [0.1, 0.15) is 0 Å². The van der Waals surface area contributed by atoms with Gasteiger partial charge in [-0.25, -0.2) is 4.98 Å². The number of allylic oxidation sites excluding steroid dienone is 1. The number of H-pyrrole nitrogens is 1. The fourth-order valence-corrected chi connectivity index (χ4v) is 3.53. The molecule has 3 aromatic rings. The molecule has 1 aromatic heterocycles. The number of nitrogens with one attached hydrogen (secondary N) is 1. The Morgan fingerprint density at radius 2 is 2.04 bits per heavy atom. The largest absolute Gasteiger partial charge is 0.481 e. The summed E-state index contributed by atoms with van der Waals surface area (Å²) in [6.45, 7) is 0. The van der Waals surface area contributed by atoms with Gasteiger partial charge < -0.3 is 5.11 Å². The number of non-ortho nitro benzene ring substituents is 1. The summed E-state index contributed by atoms with van der Waals surface area (Å²) in [5, 5.41) is 27.1. The lowest BCUT2D eigenvalue weighted by molar-refractivity contribution is -0.384. The highest BCUT2D eigenvalue weighted by atomic mass is 32.2. The van der Waals surface area contributed by atoms with Gasteiger partial charge in [0.15, 0.2) is 5.82 Å². The van der Waals surface area contributed by atoms with Gasteiger partial charge in [0.2, 0.25) is 5.16 Å². The molecule has 1 aliphatic rings. The molecule has 4 rings (SSSR count). The highest BCUT2D eigenvalue weighted by molar-refractivity contribution is 7.99. The Kier molecular flexibility index (Phi) is 4.66. The quantitative estimate of drug-likeness (QED) is 0.370. The maximum Gasteiger partial charge on any atom is 0.313 e. The third-order valence-electron chi connectivity index (χ3n) is 4.31. The van der Waals surface area contributed by atoms with Crippen molar-refractivity contribution in [3.63, 3.8) is 0 Å². The van der Waals surface area contributed by atoms with Crippen molar-refractivity contribution in [1.82, 2.24) is 15.2 Å². The van der Waals surface area contributed by atoms with Crippen LogP contribution in [-0.4, -0.2) is 36.9 Å². The zero-order chi connectivity index (χ0) is 19.7. The molecule has 0 radical (unpaired) electrons. The summed E-state index contributed by atoms with van der Waals surface area (Å²) in [5.74, 6) is -0.793. The van der Waals surface area contributed by atoms with E-state index in [4.69, 9.17) is 5.11 Å². The minimum Gasteiger partial charge on any atom is -0.481 e. The van der Waals surface area contributed by atoms with Crippen LogP contribution < -0.4 is 0 Å². The first-order valence-corrected chi connectivity index (χ1v) is 9.35. The van der Waals surface area contributed by atoms with E-state index in [2.05, 4.69) is 21.3 Å². The van der Waals surface area contributed by atoms with Crippen molar-refractivity contribution in [2.45, 2.75) is 11.6 Å².